The number of nitrogens with one attached hydrogen (secondary N) is 1. The van der Waals surface area contributed by atoms with Crippen molar-refractivity contribution in [1.82, 2.24) is 35.1 Å². The molecule has 5 atom stereocenters. The number of thiazole rings is 5. The van der Waals surface area contributed by atoms with Crippen molar-refractivity contribution in [3.8, 4) is 52.9 Å². The van der Waals surface area contributed by atoms with Crippen LogP contribution in [0.4, 0.5) is 33.6 Å². The van der Waals surface area contributed by atoms with E-state index in [4.69, 9.17) is 58.8 Å². The number of aryl methyl sites for hydroxylation is 1. The Morgan fingerprint density at radius 2 is 0.600 bits per heavy atom. The van der Waals surface area contributed by atoms with Gasteiger partial charge in [0, 0.05) is 134 Å². The predicted molar refractivity (Wildman–Crippen MR) is 555 cm³/mol. The summed E-state index contributed by atoms with van der Waals surface area (Å²) in [5.74, 6) is 0. The van der Waals surface area contributed by atoms with Gasteiger partial charge in [-0.15, -0.1) is 83.9 Å². The summed E-state index contributed by atoms with van der Waals surface area (Å²) in [6.45, 7) is 1.91. The molecule has 11 aromatic carbocycles. The van der Waals surface area contributed by atoms with Crippen LogP contribution in [0.15, 0.2) is 340 Å². The largest absolute Gasteiger partial charge is 0.389 e. The molecule has 6 aromatic heterocycles. The van der Waals surface area contributed by atoms with Crippen LogP contribution in [0.5, 0.6) is 0 Å². The molecule has 0 radical (unpaired) electrons. The molecular weight excluding hydrogens is 1950 g/mol. The Kier molecular flexibility index (Phi) is 38.8. The number of hydrogen-bond donors (Lipinski definition) is 4. The number of aliphatic imine (C=N–C) groups is 2. The standard InChI is InChI=1S/C20H17N5O2S2.2C18H13N3O2S2.2C17H15N3O2S.C7H7NS.BrH/c1-13-23-24-20(29-13)22-17(11-14-7-9-16(10-8-14)25(26)27)18-12-28-19(21-18)15-5-3-2-4-6-15;2*22-21(23)15-8-6-13(7-9-15)10-16(19-12-24)17-11-25-18(20-17)14-4-2-1-3-5-14;2*18-15(10-12-6-8-14(9-7-12)20(21)22)16-11-23-17(19-16)13-4-2-1-3-5-13;8-7(9)6-4-2-1-3-5-6;/h2-10,12,17H,11H2,1H3,(H,22,24);2*1-9,11,16H,10H2;2*1-9,11,15H,10,18H2;1-5H,(H2,8,9);1H/t17-;2*16-;2*15-;;/m00000../s1. The van der Waals surface area contributed by atoms with Gasteiger partial charge in [-0.2, -0.15) is 0 Å². The molecule has 0 amide bonds. The lowest BCUT2D eigenvalue weighted by Crippen LogP contribution is -2.14. The molecule has 38 heteroatoms. The van der Waals surface area contributed by atoms with Gasteiger partial charge in [0.1, 0.15) is 47.1 Å². The number of nitro benzene ring substituents is 5. The second-order valence-corrected chi connectivity index (χ2v) is 35.4. The highest BCUT2D eigenvalue weighted by atomic mass is 79.9. The molecule has 0 saturated heterocycles. The van der Waals surface area contributed by atoms with E-state index in [1.807, 2.05) is 216 Å². The quantitative estimate of drug-likeness (QED) is 0.0141. The number of halogens is 1. The highest BCUT2D eigenvalue weighted by molar-refractivity contribution is 8.93. The summed E-state index contributed by atoms with van der Waals surface area (Å²) in [5, 5.41) is 86.5. The minimum Gasteiger partial charge on any atom is -0.389 e. The number of anilines is 1. The van der Waals surface area contributed by atoms with E-state index in [-0.39, 0.29) is 75.6 Å². The molecule has 17 aromatic rings. The van der Waals surface area contributed by atoms with Crippen molar-refractivity contribution in [2.75, 3.05) is 5.32 Å². The van der Waals surface area contributed by atoms with Crippen molar-refractivity contribution < 1.29 is 24.6 Å². The average Bonchev–Trinajstić information content (AvgIpc) is 1.71. The molecule has 7 N–H and O–H groups in total. The van der Waals surface area contributed by atoms with Crippen molar-refractivity contribution in [1.29, 1.82) is 0 Å². The predicted octanol–water partition coefficient (Wildman–Crippen LogP) is 25.3. The third-order valence-corrected chi connectivity index (χ3v) is 25.5. The van der Waals surface area contributed by atoms with Crippen molar-refractivity contribution in [3.63, 3.8) is 0 Å². The molecule has 0 aliphatic rings. The van der Waals surface area contributed by atoms with E-state index in [2.05, 4.69) is 55.8 Å². The second-order valence-electron chi connectivity index (χ2n) is 29.1. The lowest BCUT2D eigenvalue weighted by Gasteiger charge is -2.16. The Labute approximate surface area is 825 Å². The minimum atomic E-state index is -0.414. The lowest BCUT2D eigenvalue weighted by atomic mass is 10.0. The number of benzene rings is 11. The summed E-state index contributed by atoms with van der Waals surface area (Å²) >= 11 is 23.6. The summed E-state index contributed by atoms with van der Waals surface area (Å²) in [5.41, 5.74) is 33.4. The first-order valence-corrected chi connectivity index (χ1v) is 47.2. The van der Waals surface area contributed by atoms with Crippen LogP contribution in [0.25, 0.3) is 52.9 Å². The number of non-ortho nitro benzene ring substituents is 5. The zero-order chi connectivity index (χ0) is 94.7. The smallest absolute Gasteiger partial charge is 0.269 e. The van der Waals surface area contributed by atoms with E-state index in [1.165, 1.54) is 72.0 Å². The molecule has 17 rings (SSSR count). The van der Waals surface area contributed by atoms with E-state index in [0.717, 1.165) is 125 Å². The Balaban J connectivity index is 0.000000158. The zero-order valence-corrected chi connectivity index (χ0v) is 80.4. The fourth-order valence-corrected chi connectivity index (χ4v) is 18.3. The second kappa shape index (κ2) is 51.7. The molecule has 0 fully saturated rings. The zero-order valence-electron chi connectivity index (χ0n) is 71.3. The van der Waals surface area contributed by atoms with Crippen LogP contribution < -0.4 is 22.5 Å². The molecule has 0 aliphatic heterocycles. The van der Waals surface area contributed by atoms with Gasteiger partial charge in [0.25, 0.3) is 28.4 Å². The molecule has 6 heterocycles. The van der Waals surface area contributed by atoms with Gasteiger partial charge < -0.3 is 22.5 Å². The molecule has 0 bridgehead atoms. The van der Waals surface area contributed by atoms with Crippen LogP contribution in [0, 0.1) is 57.5 Å². The Morgan fingerprint density at radius 1 is 0.356 bits per heavy atom. The third-order valence-electron chi connectivity index (χ3n) is 19.8. The van der Waals surface area contributed by atoms with Crippen LogP contribution in [0.1, 0.15) is 97.1 Å². The monoisotopic (exact) mass is 2020 g/mol. The fraction of sp³-hybridized carbons (Fsp3) is 0.113. The molecule has 0 aliphatic carbocycles. The Hall–Kier alpha value is -14.2. The molecule has 28 nitrogen and oxygen atoms in total. The van der Waals surface area contributed by atoms with Crippen molar-refractivity contribution in [2.24, 2.45) is 27.2 Å². The Bertz CT molecular complexity index is 6510. The number of aromatic nitrogens is 7. The third kappa shape index (κ3) is 31.0. The molecule has 0 spiro atoms. The minimum absolute atomic E-state index is 0. The van der Waals surface area contributed by atoms with Crippen LogP contribution in [-0.2, 0) is 32.1 Å². The van der Waals surface area contributed by atoms with Crippen LogP contribution in [0.3, 0.4) is 0 Å². The van der Waals surface area contributed by atoms with Crippen molar-refractivity contribution >= 4 is 171 Å². The van der Waals surface area contributed by atoms with Gasteiger partial charge in [0.15, 0.2) is 0 Å². The maximum Gasteiger partial charge on any atom is 0.269 e. The summed E-state index contributed by atoms with van der Waals surface area (Å²) < 4.78 is 0. The number of thiocarbonyl (C=S) groups is 3. The average molecular weight is 2030 g/mol. The number of rotatable bonds is 30. The van der Waals surface area contributed by atoms with E-state index in [1.54, 1.807) is 117 Å². The first kappa shape index (κ1) is 101. The Morgan fingerprint density at radius 3 is 0.852 bits per heavy atom. The van der Waals surface area contributed by atoms with Crippen LogP contribution in [-0.4, -0.2) is 75.0 Å². The van der Waals surface area contributed by atoms with Crippen LogP contribution >= 0.6 is 122 Å². The van der Waals surface area contributed by atoms with Gasteiger partial charge in [-0.25, -0.2) is 34.9 Å². The summed E-state index contributed by atoms with van der Waals surface area (Å²) in [6, 6.07) is 90.7. The molecule has 0 saturated carbocycles. The summed E-state index contributed by atoms with van der Waals surface area (Å²) in [7, 11) is 0. The van der Waals surface area contributed by atoms with Gasteiger partial charge in [0.05, 0.1) is 81.5 Å². The summed E-state index contributed by atoms with van der Waals surface area (Å²) in [4.78, 5) is 84.0. The first-order valence-electron chi connectivity index (χ1n) is 40.8. The number of isothiocyanates is 2. The van der Waals surface area contributed by atoms with Crippen molar-refractivity contribution in [2.45, 2.75) is 69.2 Å². The maximum absolute atomic E-state index is 10.9. The highest BCUT2D eigenvalue weighted by Crippen LogP contribution is 2.36. The van der Waals surface area contributed by atoms with Crippen molar-refractivity contribution in [3.05, 3.63) is 448 Å². The molecule has 680 valence electrons. The number of nitrogens with two attached hydrogens (primary N) is 3. The van der Waals surface area contributed by atoms with Gasteiger partial charge in [0.2, 0.25) is 5.13 Å². The topological polar surface area (TPSA) is 421 Å². The fourth-order valence-electron chi connectivity index (χ4n) is 12.9. The molecule has 0 unspecified atom stereocenters. The van der Waals surface area contributed by atoms with Crippen LogP contribution in [0.2, 0.25) is 0 Å². The highest BCUT2D eigenvalue weighted by Gasteiger charge is 2.23. The number of nitrogens with zero attached hydrogens (tertiary/aromatic N) is 14. The summed E-state index contributed by atoms with van der Waals surface area (Å²) in [6.07, 6.45) is 2.92. The van der Waals surface area contributed by atoms with Gasteiger partial charge in [-0.1, -0.05) is 266 Å². The van der Waals surface area contributed by atoms with Gasteiger partial charge in [-0.3, -0.25) is 50.6 Å². The van der Waals surface area contributed by atoms with E-state index < -0.39 is 24.6 Å². The molecular formula is C97H81BrN18O10S9. The SMILES string of the molecule is Br.Cc1nnc(N[C@@H](Cc2ccc([N+](=O)[O-])cc2)c2csc(-c3ccccc3)n2)s1.NC(=S)c1ccccc1.N[C@@H](Cc1ccc([N+](=O)[O-])cc1)c1csc(-c2ccccc2)n1.N[C@@H](Cc1ccc([N+](=O)[O-])cc1)c1csc(-c2ccccc2)n1.O=[N+]([O-])c1ccc(C[C@H](N=C=S)c2csc(-c3ccccc3)n2)cc1.O=[N+]([O-])c1ccc(C[C@H](N=C=S)c2csc(-c3ccccc3)n2)cc1. The van der Waals surface area contributed by atoms with E-state index in [9.17, 15) is 50.6 Å². The number of nitro groups is 5. The van der Waals surface area contributed by atoms with Gasteiger partial charge in [-0.05, 0) is 78.4 Å². The van der Waals surface area contributed by atoms with E-state index in [0.29, 0.717) is 37.1 Å². The number of hydrogen-bond acceptors (Lipinski definition) is 31. The molecule has 135 heavy (non-hydrogen) atoms. The normalized spacial score (nSPS) is 11.5. The first-order chi connectivity index (χ1) is 65.0. The maximum atomic E-state index is 10.9. The van der Waals surface area contributed by atoms with E-state index >= 15 is 0 Å². The lowest BCUT2D eigenvalue weighted by molar-refractivity contribution is -0.385. The van der Waals surface area contributed by atoms with Gasteiger partial charge >= 0.3 is 0 Å².